The van der Waals surface area contributed by atoms with Gasteiger partial charge in [-0.2, -0.15) is 5.10 Å². The average Bonchev–Trinajstić information content (AvgIpc) is 3.12. The summed E-state index contributed by atoms with van der Waals surface area (Å²) in [6, 6.07) is 0.0627. The van der Waals surface area contributed by atoms with Crippen LogP contribution in [0.1, 0.15) is 58.4 Å². The van der Waals surface area contributed by atoms with Gasteiger partial charge in [0.15, 0.2) is 0 Å². The molecule has 2 amide bonds. The number of carbonyl (C=O) groups is 1. The second-order valence-electron chi connectivity index (χ2n) is 7.77. The Morgan fingerprint density at radius 2 is 2.25 bits per heavy atom. The molecule has 1 aliphatic carbocycles. The molecule has 1 aromatic heterocycles. The van der Waals surface area contributed by atoms with Gasteiger partial charge in [-0.25, -0.2) is 4.79 Å². The van der Waals surface area contributed by atoms with Crippen LogP contribution in [0, 0.1) is 11.8 Å². The van der Waals surface area contributed by atoms with Crippen LogP contribution in [0.25, 0.3) is 0 Å². The van der Waals surface area contributed by atoms with Crippen molar-refractivity contribution in [2.24, 2.45) is 18.9 Å². The lowest BCUT2D eigenvalue weighted by Crippen LogP contribution is -2.47. The van der Waals surface area contributed by atoms with Gasteiger partial charge in [-0.05, 0) is 38.0 Å². The smallest absolute Gasteiger partial charge is 0.315 e. The quantitative estimate of drug-likeness (QED) is 0.716. The van der Waals surface area contributed by atoms with Gasteiger partial charge in [0.25, 0.3) is 0 Å². The molecule has 136 valence electrons. The Morgan fingerprint density at radius 1 is 1.50 bits per heavy atom. The summed E-state index contributed by atoms with van der Waals surface area (Å²) in [5, 5.41) is 20.5. The van der Waals surface area contributed by atoms with Gasteiger partial charge in [0, 0.05) is 24.8 Å². The van der Waals surface area contributed by atoms with E-state index >= 15 is 0 Å². The lowest BCUT2D eigenvalue weighted by Gasteiger charge is -2.25. The third-order valence-electron chi connectivity index (χ3n) is 5.01. The molecule has 0 radical (unpaired) electrons. The van der Waals surface area contributed by atoms with Gasteiger partial charge in [-0.15, -0.1) is 0 Å². The number of rotatable bonds is 7. The van der Waals surface area contributed by atoms with Crippen molar-refractivity contribution in [2.45, 2.75) is 64.5 Å². The summed E-state index contributed by atoms with van der Waals surface area (Å²) in [7, 11) is 1.80. The highest BCUT2D eigenvalue weighted by molar-refractivity contribution is 5.74. The molecule has 6 nitrogen and oxygen atoms in total. The van der Waals surface area contributed by atoms with Crippen molar-refractivity contribution in [3.05, 3.63) is 18.0 Å². The Bertz CT molecular complexity index is 539. The maximum absolute atomic E-state index is 12.2. The number of nitrogens with one attached hydrogen (secondary N) is 2. The highest BCUT2D eigenvalue weighted by atomic mass is 16.3. The maximum atomic E-state index is 12.2. The van der Waals surface area contributed by atoms with Gasteiger partial charge in [0.05, 0.1) is 12.7 Å². The largest absolute Gasteiger partial charge is 0.383 e. The minimum atomic E-state index is -1.13. The maximum Gasteiger partial charge on any atom is 0.315 e. The Labute approximate surface area is 145 Å². The Morgan fingerprint density at radius 3 is 2.88 bits per heavy atom. The monoisotopic (exact) mass is 336 g/mol. The molecule has 24 heavy (non-hydrogen) atoms. The van der Waals surface area contributed by atoms with E-state index in [1.807, 2.05) is 0 Å². The number of hydrogen-bond acceptors (Lipinski definition) is 3. The molecule has 6 heteroatoms. The van der Waals surface area contributed by atoms with Crippen molar-refractivity contribution in [3.8, 4) is 0 Å². The van der Waals surface area contributed by atoms with Crippen molar-refractivity contribution in [1.29, 1.82) is 0 Å². The van der Waals surface area contributed by atoms with E-state index in [-0.39, 0.29) is 18.6 Å². The molecule has 1 aliphatic rings. The van der Waals surface area contributed by atoms with Crippen LogP contribution in [-0.2, 0) is 12.6 Å². The zero-order valence-electron chi connectivity index (χ0n) is 15.4. The van der Waals surface area contributed by atoms with Crippen LogP contribution in [-0.4, -0.2) is 33.5 Å². The van der Waals surface area contributed by atoms with Crippen molar-refractivity contribution in [2.75, 3.05) is 6.54 Å². The summed E-state index contributed by atoms with van der Waals surface area (Å²) < 4.78 is 1.64. The number of hydrogen-bond donors (Lipinski definition) is 3. The van der Waals surface area contributed by atoms with Gasteiger partial charge in [0.2, 0.25) is 0 Å². The van der Waals surface area contributed by atoms with Crippen LogP contribution < -0.4 is 10.6 Å². The molecule has 0 aliphatic heterocycles. The molecule has 3 N–H and O–H groups in total. The van der Waals surface area contributed by atoms with E-state index < -0.39 is 5.60 Å². The lowest BCUT2D eigenvalue weighted by atomic mass is 9.94. The number of urea groups is 1. The highest BCUT2D eigenvalue weighted by Gasteiger charge is 2.30. The fourth-order valence-electron chi connectivity index (χ4n) is 3.39. The topological polar surface area (TPSA) is 79.2 Å². The minimum Gasteiger partial charge on any atom is -0.383 e. The summed E-state index contributed by atoms with van der Waals surface area (Å²) >= 11 is 0. The van der Waals surface area contributed by atoms with Crippen molar-refractivity contribution < 1.29 is 9.90 Å². The standard InChI is InChI=1S/C18H32N4O2/c1-13(2)8-9-14-6-5-7-16(14)21-17(23)19-12-18(3,24)15-10-20-22(4)11-15/h10-11,13-14,16,24H,5-9,12H2,1-4H3,(H2,19,21,23). The molecule has 3 atom stereocenters. The predicted molar refractivity (Wildman–Crippen MR) is 94.5 cm³/mol. The zero-order chi connectivity index (χ0) is 17.7. The summed E-state index contributed by atoms with van der Waals surface area (Å²) in [5.41, 5.74) is -0.431. The second-order valence-corrected chi connectivity index (χ2v) is 7.77. The van der Waals surface area contributed by atoms with E-state index in [1.54, 1.807) is 31.0 Å². The molecule has 1 heterocycles. The normalized spacial score (nSPS) is 23.2. The Hall–Kier alpha value is -1.56. The van der Waals surface area contributed by atoms with E-state index in [0.717, 1.165) is 6.42 Å². The molecule has 0 bridgehead atoms. The SMILES string of the molecule is CC(C)CCC1CCCC1NC(=O)NCC(C)(O)c1cnn(C)c1. The molecular formula is C18H32N4O2. The van der Waals surface area contributed by atoms with Gasteiger partial charge < -0.3 is 15.7 Å². The number of amides is 2. The van der Waals surface area contributed by atoms with Crippen LogP contribution in [0.3, 0.4) is 0 Å². The number of nitrogens with zero attached hydrogens (tertiary/aromatic N) is 2. The van der Waals surface area contributed by atoms with Crippen LogP contribution in [0.15, 0.2) is 12.4 Å². The number of aliphatic hydroxyl groups is 1. The van der Waals surface area contributed by atoms with Crippen LogP contribution in [0.4, 0.5) is 4.79 Å². The first-order valence-corrected chi connectivity index (χ1v) is 9.04. The third-order valence-corrected chi connectivity index (χ3v) is 5.01. The summed E-state index contributed by atoms with van der Waals surface area (Å²) in [6.45, 7) is 6.33. The fraction of sp³-hybridized carbons (Fsp3) is 0.778. The summed E-state index contributed by atoms with van der Waals surface area (Å²) in [4.78, 5) is 12.2. The van der Waals surface area contributed by atoms with Gasteiger partial charge in [0.1, 0.15) is 5.60 Å². The van der Waals surface area contributed by atoms with Gasteiger partial charge in [-0.1, -0.05) is 26.7 Å². The Balaban J connectivity index is 1.80. The molecular weight excluding hydrogens is 304 g/mol. The molecule has 0 spiro atoms. The molecule has 1 aromatic rings. The number of carbonyl (C=O) groups excluding carboxylic acids is 1. The van der Waals surface area contributed by atoms with Crippen molar-refractivity contribution in [3.63, 3.8) is 0 Å². The second kappa shape index (κ2) is 8.01. The molecule has 1 fully saturated rings. The fourth-order valence-corrected chi connectivity index (χ4v) is 3.39. The van der Waals surface area contributed by atoms with E-state index in [1.165, 1.54) is 25.7 Å². The summed E-state index contributed by atoms with van der Waals surface area (Å²) in [6.07, 6.45) is 9.20. The first kappa shape index (κ1) is 18.8. The van der Waals surface area contributed by atoms with Crippen LogP contribution >= 0.6 is 0 Å². The molecule has 2 rings (SSSR count). The van der Waals surface area contributed by atoms with Crippen LogP contribution in [0.5, 0.6) is 0 Å². The predicted octanol–water partition coefficient (Wildman–Crippen LogP) is 2.53. The van der Waals surface area contributed by atoms with Gasteiger partial charge >= 0.3 is 6.03 Å². The number of aryl methyl sites for hydroxylation is 1. The highest BCUT2D eigenvalue weighted by Crippen LogP contribution is 2.30. The van der Waals surface area contributed by atoms with E-state index in [0.29, 0.717) is 17.4 Å². The van der Waals surface area contributed by atoms with Crippen molar-refractivity contribution >= 4 is 6.03 Å². The third kappa shape index (κ3) is 5.23. The Kier molecular flexibility index (Phi) is 6.27. The zero-order valence-corrected chi connectivity index (χ0v) is 15.4. The lowest BCUT2D eigenvalue weighted by molar-refractivity contribution is 0.0591. The van der Waals surface area contributed by atoms with Crippen LogP contribution in [0.2, 0.25) is 0 Å². The first-order chi connectivity index (χ1) is 11.3. The first-order valence-electron chi connectivity index (χ1n) is 9.04. The van der Waals surface area contributed by atoms with E-state index in [9.17, 15) is 9.90 Å². The van der Waals surface area contributed by atoms with E-state index in [4.69, 9.17) is 0 Å². The van der Waals surface area contributed by atoms with Crippen molar-refractivity contribution in [1.82, 2.24) is 20.4 Å². The van der Waals surface area contributed by atoms with Gasteiger partial charge in [-0.3, -0.25) is 4.68 Å². The number of aromatic nitrogens is 2. The molecule has 0 saturated heterocycles. The average molecular weight is 336 g/mol. The minimum absolute atomic E-state index is 0.161. The van der Waals surface area contributed by atoms with E-state index in [2.05, 4.69) is 29.6 Å². The molecule has 0 aromatic carbocycles. The molecule has 1 saturated carbocycles. The molecule has 3 unspecified atom stereocenters. The summed E-state index contributed by atoms with van der Waals surface area (Å²) in [5.74, 6) is 1.28.